The second kappa shape index (κ2) is 10.8. The van der Waals surface area contributed by atoms with Crippen molar-refractivity contribution in [3.8, 4) is 5.75 Å². The van der Waals surface area contributed by atoms with Crippen molar-refractivity contribution in [1.29, 1.82) is 0 Å². The van der Waals surface area contributed by atoms with Gasteiger partial charge in [0.25, 0.3) is 0 Å². The molecule has 1 aliphatic carbocycles. The van der Waals surface area contributed by atoms with Gasteiger partial charge in [-0.15, -0.1) is 0 Å². The Balaban J connectivity index is 1.33. The molecule has 0 radical (unpaired) electrons. The third-order valence-corrected chi connectivity index (χ3v) is 9.81. The summed E-state index contributed by atoms with van der Waals surface area (Å²) in [4.78, 5) is 43.7. The van der Waals surface area contributed by atoms with Crippen molar-refractivity contribution < 1.29 is 23.9 Å². The summed E-state index contributed by atoms with van der Waals surface area (Å²) in [7, 11) is 1.59. The van der Waals surface area contributed by atoms with Gasteiger partial charge in [0.05, 0.1) is 25.0 Å². The van der Waals surface area contributed by atoms with Crippen LogP contribution in [0.2, 0.25) is 5.02 Å². The molecule has 2 bridgehead atoms. The largest absolute Gasteiger partial charge is 0.497 e. The van der Waals surface area contributed by atoms with E-state index in [1.54, 1.807) is 36.3 Å². The maximum atomic E-state index is 14.3. The smallest absolute Gasteiger partial charge is 0.246 e. The third-order valence-electron chi connectivity index (χ3n) is 9.56. The number of hydrogen-bond acceptors (Lipinski definition) is 5. The van der Waals surface area contributed by atoms with Crippen molar-refractivity contribution in [2.45, 2.75) is 63.4 Å². The zero-order chi connectivity index (χ0) is 28.9. The second-order valence-electron chi connectivity index (χ2n) is 11.9. The molecule has 3 heterocycles. The van der Waals surface area contributed by atoms with Crippen LogP contribution in [0.15, 0.2) is 60.7 Å². The highest BCUT2D eigenvalue weighted by atomic mass is 35.5. The van der Waals surface area contributed by atoms with Gasteiger partial charge in [0.15, 0.2) is 0 Å². The summed E-state index contributed by atoms with van der Waals surface area (Å²) < 4.78 is 11.9. The van der Waals surface area contributed by atoms with Gasteiger partial charge >= 0.3 is 0 Å². The molecule has 3 amide bonds. The number of amides is 3. The van der Waals surface area contributed by atoms with Crippen LogP contribution in [0, 0.1) is 23.7 Å². The van der Waals surface area contributed by atoms with Crippen LogP contribution in [0.5, 0.6) is 5.75 Å². The van der Waals surface area contributed by atoms with Gasteiger partial charge in [-0.2, -0.15) is 0 Å². The number of carbonyl (C=O) groups excluding carboxylic acids is 3. The molecule has 2 aromatic carbocycles. The highest BCUT2D eigenvalue weighted by molar-refractivity contribution is 6.30. The molecular formula is C32H36ClN3O5. The summed E-state index contributed by atoms with van der Waals surface area (Å²) in [6.07, 6.45) is 6.16. The second-order valence-corrected chi connectivity index (χ2v) is 12.3. The minimum absolute atomic E-state index is 0.0158. The molecule has 41 heavy (non-hydrogen) atoms. The fourth-order valence-corrected chi connectivity index (χ4v) is 7.34. The normalized spacial score (nSPS) is 33.5. The number of rotatable bonds is 7. The Morgan fingerprint density at radius 1 is 1.12 bits per heavy atom. The minimum Gasteiger partial charge on any atom is -0.497 e. The first-order valence-corrected chi connectivity index (χ1v) is 14.8. The Kier molecular flexibility index (Phi) is 7.32. The molecule has 3 fully saturated rings. The zero-order valence-electron chi connectivity index (χ0n) is 23.5. The van der Waals surface area contributed by atoms with Crippen LogP contribution >= 0.6 is 11.6 Å². The van der Waals surface area contributed by atoms with Crippen LogP contribution in [-0.4, -0.2) is 53.5 Å². The van der Waals surface area contributed by atoms with Gasteiger partial charge in [0, 0.05) is 23.3 Å². The number of nitrogens with zero attached hydrogens (tertiary/aromatic N) is 1. The number of nitrogens with one attached hydrogen (secondary N) is 2. The van der Waals surface area contributed by atoms with Crippen LogP contribution in [0.1, 0.15) is 38.7 Å². The molecule has 2 N–H and O–H groups in total. The third kappa shape index (κ3) is 4.81. The van der Waals surface area contributed by atoms with Crippen LogP contribution in [0.25, 0.3) is 0 Å². The number of ether oxygens (including phenoxy) is 2. The first kappa shape index (κ1) is 27.8. The van der Waals surface area contributed by atoms with Gasteiger partial charge in [-0.3, -0.25) is 14.4 Å². The van der Waals surface area contributed by atoms with Crippen molar-refractivity contribution in [2.24, 2.45) is 23.7 Å². The summed E-state index contributed by atoms with van der Waals surface area (Å²) >= 11 is 6.01. The quantitative estimate of drug-likeness (QED) is 0.470. The Morgan fingerprint density at radius 3 is 2.66 bits per heavy atom. The van der Waals surface area contributed by atoms with Crippen molar-refractivity contribution in [3.05, 3.63) is 71.3 Å². The number of likely N-dealkylation sites (tertiary alicyclic amines) is 1. The lowest BCUT2D eigenvalue weighted by molar-refractivity contribution is -0.142. The minimum atomic E-state index is -1.23. The Hall–Kier alpha value is -3.36. The van der Waals surface area contributed by atoms with E-state index in [2.05, 4.69) is 24.5 Å². The number of benzene rings is 2. The topological polar surface area (TPSA) is 97.0 Å². The van der Waals surface area contributed by atoms with Gasteiger partial charge in [-0.1, -0.05) is 62.6 Å². The monoisotopic (exact) mass is 577 g/mol. The van der Waals surface area contributed by atoms with E-state index in [1.807, 2.05) is 36.4 Å². The lowest BCUT2D eigenvalue weighted by atomic mass is 9.73. The van der Waals surface area contributed by atoms with Crippen LogP contribution in [0.4, 0.5) is 5.69 Å². The SMILES string of the molecule is COc1cccc(CN2C(=O)[C@H]3[C@H](C(=O)Nc4ccc(Cl)cc4)[C@H]4C=C[C@@]3(O4)[C@@H]2C(=O)N[C@@H]2CCC[C@H](C)[C@@H]2C)c1. The van der Waals surface area contributed by atoms with Crippen LogP contribution in [0.3, 0.4) is 0 Å². The fraction of sp³-hybridized carbons (Fsp3) is 0.469. The van der Waals surface area contributed by atoms with E-state index in [1.165, 1.54) is 0 Å². The molecule has 2 aromatic rings. The molecule has 9 heteroatoms. The van der Waals surface area contributed by atoms with Crippen molar-refractivity contribution in [1.82, 2.24) is 10.2 Å². The highest BCUT2D eigenvalue weighted by Gasteiger charge is 2.72. The van der Waals surface area contributed by atoms with Gasteiger partial charge in [0.2, 0.25) is 17.7 Å². The van der Waals surface area contributed by atoms with Gasteiger partial charge in [-0.25, -0.2) is 0 Å². The van der Waals surface area contributed by atoms with E-state index < -0.39 is 29.6 Å². The summed E-state index contributed by atoms with van der Waals surface area (Å²) in [6, 6.07) is 13.4. The van der Waals surface area contributed by atoms with Crippen molar-refractivity contribution in [3.63, 3.8) is 0 Å². The number of halogens is 1. The standard InChI is InChI=1S/C32H36ClN3O5/c1-18-6-4-9-24(19(18)2)35-30(38)28-32-15-14-25(41-32)26(29(37)34-22-12-10-21(33)11-13-22)27(32)31(39)36(28)17-20-7-5-8-23(16-20)40-3/h5,7-8,10-16,18-19,24-28H,4,6,9,17H2,1-3H3,(H,34,37)(H,35,38)/t18-,19-,24+,25+,26+,27+,28-,32-/m0/s1. The van der Waals surface area contributed by atoms with Crippen molar-refractivity contribution >= 4 is 35.0 Å². The van der Waals surface area contributed by atoms with Gasteiger partial charge in [-0.05, 0) is 60.2 Å². The zero-order valence-corrected chi connectivity index (χ0v) is 24.3. The van der Waals surface area contributed by atoms with Gasteiger partial charge in [0.1, 0.15) is 17.4 Å². The summed E-state index contributed by atoms with van der Waals surface area (Å²) in [5.74, 6) is -0.942. The van der Waals surface area contributed by atoms with E-state index >= 15 is 0 Å². The highest BCUT2D eigenvalue weighted by Crippen LogP contribution is 2.55. The first-order chi connectivity index (χ1) is 19.7. The van der Waals surface area contributed by atoms with Crippen LogP contribution in [-0.2, 0) is 25.7 Å². The first-order valence-electron chi connectivity index (χ1n) is 14.4. The van der Waals surface area contributed by atoms with Gasteiger partial charge < -0.3 is 25.0 Å². The van der Waals surface area contributed by atoms with E-state index in [0.29, 0.717) is 28.3 Å². The predicted octanol–water partition coefficient (Wildman–Crippen LogP) is 4.58. The molecule has 0 unspecified atom stereocenters. The maximum Gasteiger partial charge on any atom is 0.246 e. The molecule has 0 aromatic heterocycles. The molecule has 8 nitrogen and oxygen atoms in total. The molecule has 2 saturated heterocycles. The number of methoxy groups -OCH3 is 1. The molecule has 8 atom stereocenters. The lowest BCUT2D eigenvalue weighted by Crippen LogP contribution is -2.57. The fourth-order valence-electron chi connectivity index (χ4n) is 7.21. The average molecular weight is 578 g/mol. The van der Waals surface area contributed by atoms with Crippen LogP contribution < -0.4 is 15.4 Å². The van der Waals surface area contributed by atoms with E-state index in [9.17, 15) is 14.4 Å². The average Bonchev–Trinajstić information content (AvgIpc) is 3.60. The molecule has 3 aliphatic heterocycles. The summed E-state index contributed by atoms with van der Waals surface area (Å²) in [5.41, 5.74) is 0.178. The molecular weight excluding hydrogens is 542 g/mol. The Labute approximate surface area is 245 Å². The molecule has 4 aliphatic rings. The maximum absolute atomic E-state index is 14.3. The number of carbonyl (C=O) groups is 3. The van der Waals surface area contributed by atoms with Crippen molar-refractivity contribution in [2.75, 3.05) is 12.4 Å². The summed E-state index contributed by atoms with van der Waals surface area (Å²) in [5, 5.41) is 6.78. The number of fused-ring (bicyclic) bond motifs is 1. The Bertz CT molecular complexity index is 1380. The van der Waals surface area contributed by atoms with E-state index in [-0.39, 0.29) is 30.3 Å². The predicted molar refractivity (Wildman–Crippen MR) is 155 cm³/mol. The molecule has 1 spiro atoms. The summed E-state index contributed by atoms with van der Waals surface area (Å²) in [6.45, 7) is 4.59. The lowest BCUT2D eigenvalue weighted by Gasteiger charge is -2.38. The molecule has 1 saturated carbocycles. The molecule has 6 rings (SSSR count). The molecule has 216 valence electrons. The Morgan fingerprint density at radius 2 is 1.90 bits per heavy atom. The number of anilines is 1. The number of hydrogen-bond donors (Lipinski definition) is 2. The van der Waals surface area contributed by atoms with E-state index in [0.717, 1.165) is 24.8 Å². The van der Waals surface area contributed by atoms with E-state index in [4.69, 9.17) is 21.1 Å².